The zero-order valence-electron chi connectivity index (χ0n) is 18.0. The molecule has 2 N–H and O–H groups in total. The number of methoxy groups -OCH3 is 1. The highest BCUT2D eigenvalue weighted by Crippen LogP contribution is 2.28. The number of amides is 1. The molecule has 0 aliphatic carbocycles. The van der Waals surface area contributed by atoms with Crippen LogP contribution in [-0.2, 0) is 36.6 Å². The molecule has 0 fully saturated rings. The number of ether oxygens (including phenoxy) is 1. The number of hydrogen-bond acceptors (Lipinski definition) is 5. The van der Waals surface area contributed by atoms with Gasteiger partial charge in [-0.05, 0) is 25.1 Å². The predicted molar refractivity (Wildman–Crippen MR) is 114 cm³/mol. The van der Waals surface area contributed by atoms with Crippen LogP contribution in [0.1, 0.15) is 33.0 Å². The summed E-state index contributed by atoms with van der Waals surface area (Å²) in [6.07, 6.45) is 2.17. The Morgan fingerprint density at radius 3 is 2.91 bits per heavy atom. The van der Waals surface area contributed by atoms with E-state index in [0.29, 0.717) is 24.4 Å². The predicted octanol–water partition coefficient (Wildman–Crippen LogP) is 1.88. The third kappa shape index (κ3) is 3.78. The van der Waals surface area contributed by atoms with E-state index in [2.05, 4.69) is 15.5 Å². The van der Waals surface area contributed by atoms with Gasteiger partial charge in [0.25, 0.3) is 5.91 Å². The molecule has 2 aromatic heterocycles. The van der Waals surface area contributed by atoms with Gasteiger partial charge >= 0.3 is 0 Å². The van der Waals surface area contributed by atoms with Crippen LogP contribution >= 0.6 is 0 Å². The minimum absolute atomic E-state index is 0.0700. The Hall–Kier alpha value is -3.18. The van der Waals surface area contributed by atoms with E-state index in [1.807, 2.05) is 0 Å². The zero-order chi connectivity index (χ0) is 23.0. The highest BCUT2D eigenvalue weighted by atomic mass is 32.2. The Labute approximate surface area is 185 Å². The summed E-state index contributed by atoms with van der Waals surface area (Å²) in [5.41, 5.74) is 2.59. The van der Waals surface area contributed by atoms with Crippen LogP contribution < -0.4 is 10.1 Å². The molecule has 1 aliphatic heterocycles. The van der Waals surface area contributed by atoms with Gasteiger partial charge in [-0.25, -0.2) is 12.8 Å². The summed E-state index contributed by atoms with van der Waals surface area (Å²) < 4.78 is 48.9. The van der Waals surface area contributed by atoms with E-state index in [1.165, 1.54) is 34.2 Å². The number of aromatic nitrogens is 3. The first-order valence-corrected chi connectivity index (χ1v) is 11.4. The average Bonchev–Trinajstić information content (AvgIpc) is 3.37. The van der Waals surface area contributed by atoms with E-state index < -0.39 is 21.7 Å². The molecule has 32 heavy (non-hydrogen) atoms. The number of carbonyl (C=O) groups excluding carboxylic acids is 1. The van der Waals surface area contributed by atoms with Gasteiger partial charge in [-0.1, -0.05) is 6.07 Å². The minimum Gasteiger partial charge on any atom is -0.496 e. The van der Waals surface area contributed by atoms with Crippen LogP contribution in [-0.4, -0.2) is 47.0 Å². The third-order valence-electron chi connectivity index (χ3n) is 5.83. The molecule has 0 unspecified atom stereocenters. The summed E-state index contributed by atoms with van der Waals surface area (Å²) in [5, 5.41) is 9.51. The summed E-state index contributed by atoms with van der Waals surface area (Å²) in [5.74, 6) is -0.696. The van der Waals surface area contributed by atoms with E-state index in [4.69, 9.17) is 4.74 Å². The van der Waals surface area contributed by atoms with Crippen molar-refractivity contribution < 1.29 is 22.3 Å². The number of aromatic amines is 1. The van der Waals surface area contributed by atoms with E-state index >= 15 is 0 Å². The highest BCUT2D eigenvalue weighted by Gasteiger charge is 2.33. The van der Waals surface area contributed by atoms with Crippen LogP contribution in [0.3, 0.4) is 0 Å². The van der Waals surface area contributed by atoms with Gasteiger partial charge in [-0.15, -0.1) is 0 Å². The number of benzene rings is 1. The normalized spacial score (nSPS) is 14.2. The summed E-state index contributed by atoms with van der Waals surface area (Å²) in [7, 11) is -0.778. The fourth-order valence-electron chi connectivity index (χ4n) is 3.85. The lowest BCUT2D eigenvalue weighted by Gasteiger charge is -2.25. The van der Waals surface area contributed by atoms with Crippen molar-refractivity contribution in [3.05, 3.63) is 64.5 Å². The van der Waals surface area contributed by atoms with Crippen LogP contribution in [0.4, 0.5) is 4.39 Å². The van der Waals surface area contributed by atoms with Crippen LogP contribution in [0.2, 0.25) is 0 Å². The van der Waals surface area contributed by atoms with Crippen LogP contribution in [0.25, 0.3) is 0 Å². The molecule has 0 radical (unpaired) electrons. The SMILES string of the molecule is COc1cccc(F)c1CNC(=O)c1cc(S(=O)(=O)N2CCc3[nH]ncc3C2)c(C)n1C. The number of nitrogens with one attached hydrogen (secondary N) is 2. The number of rotatable bonds is 6. The Kier molecular flexibility index (Phi) is 5.78. The molecule has 3 heterocycles. The van der Waals surface area contributed by atoms with Gasteiger partial charge in [-0.2, -0.15) is 9.40 Å². The number of hydrogen-bond donors (Lipinski definition) is 2. The van der Waals surface area contributed by atoms with Gasteiger partial charge in [0.2, 0.25) is 10.0 Å². The molecule has 0 spiro atoms. The number of H-pyrrole nitrogens is 1. The second kappa shape index (κ2) is 8.40. The first-order chi connectivity index (χ1) is 15.2. The quantitative estimate of drug-likeness (QED) is 0.583. The summed E-state index contributed by atoms with van der Waals surface area (Å²) in [6, 6.07) is 5.77. The zero-order valence-corrected chi connectivity index (χ0v) is 18.8. The molecule has 11 heteroatoms. The summed E-state index contributed by atoms with van der Waals surface area (Å²) >= 11 is 0. The number of sulfonamides is 1. The smallest absolute Gasteiger partial charge is 0.268 e. The Morgan fingerprint density at radius 2 is 2.16 bits per heavy atom. The van der Waals surface area contributed by atoms with E-state index in [1.54, 1.807) is 26.2 Å². The number of fused-ring (bicyclic) bond motifs is 1. The molecule has 1 aliphatic rings. The Balaban J connectivity index is 1.57. The van der Waals surface area contributed by atoms with Crippen LogP contribution in [0.15, 0.2) is 35.4 Å². The molecular weight excluding hydrogens is 437 g/mol. The summed E-state index contributed by atoms with van der Waals surface area (Å²) in [6.45, 7) is 2.09. The minimum atomic E-state index is -3.82. The fraction of sp³-hybridized carbons (Fsp3) is 0.333. The fourth-order valence-corrected chi connectivity index (χ4v) is 5.54. The van der Waals surface area contributed by atoms with Gasteiger partial charge in [0.15, 0.2) is 0 Å². The second-order valence-corrected chi connectivity index (χ2v) is 9.51. The lowest BCUT2D eigenvalue weighted by Crippen LogP contribution is -2.35. The van der Waals surface area contributed by atoms with Crippen LogP contribution in [0.5, 0.6) is 5.75 Å². The van der Waals surface area contributed by atoms with Crippen molar-refractivity contribution in [3.63, 3.8) is 0 Å². The van der Waals surface area contributed by atoms with Gasteiger partial charge in [0.1, 0.15) is 22.2 Å². The number of nitrogens with zero attached hydrogens (tertiary/aromatic N) is 3. The third-order valence-corrected chi connectivity index (χ3v) is 7.79. The van der Waals surface area contributed by atoms with Crippen molar-refractivity contribution in [1.29, 1.82) is 0 Å². The average molecular weight is 462 g/mol. The number of carbonyl (C=O) groups is 1. The molecular formula is C21H24FN5O4S. The van der Waals surface area contributed by atoms with Crippen molar-refractivity contribution in [2.45, 2.75) is 31.3 Å². The molecule has 4 rings (SSSR count). The van der Waals surface area contributed by atoms with Crippen molar-refractivity contribution in [3.8, 4) is 5.75 Å². The maximum absolute atomic E-state index is 14.2. The van der Waals surface area contributed by atoms with Crippen molar-refractivity contribution in [2.75, 3.05) is 13.7 Å². The van der Waals surface area contributed by atoms with E-state index in [9.17, 15) is 17.6 Å². The maximum atomic E-state index is 14.2. The van der Waals surface area contributed by atoms with Crippen molar-refractivity contribution in [1.82, 2.24) is 24.4 Å². The van der Waals surface area contributed by atoms with Crippen molar-refractivity contribution >= 4 is 15.9 Å². The van der Waals surface area contributed by atoms with Crippen LogP contribution in [0, 0.1) is 12.7 Å². The molecule has 0 saturated heterocycles. The lowest BCUT2D eigenvalue weighted by atomic mass is 10.1. The second-order valence-electron chi connectivity index (χ2n) is 7.60. The van der Waals surface area contributed by atoms with Crippen molar-refractivity contribution in [2.24, 2.45) is 7.05 Å². The first kappa shape index (κ1) is 22.0. The standard InChI is InChI=1S/C21H24FN5O4S/c1-13-20(32(29,30)27-8-7-17-14(12-27)10-24-25-17)9-18(26(13)2)21(28)23-11-15-16(22)5-4-6-19(15)31-3/h4-6,9-10H,7-8,11-12H2,1-3H3,(H,23,28)(H,24,25). The van der Waals surface area contributed by atoms with Gasteiger partial charge < -0.3 is 14.6 Å². The van der Waals surface area contributed by atoms with Gasteiger partial charge in [0.05, 0.1) is 13.3 Å². The Bertz CT molecular complexity index is 1280. The Morgan fingerprint density at radius 1 is 1.38 bits per heavy atom. The van der Waals surface area contributed by atoms with E-state index in [-0.39, 0.29) is 29.2 Å². The molecule has 1 aromatic carbocycles. The van der Waals surface area contributed by atoms with E-state index in [0.717, 1.165) is 11.3 Å². The van der Waals surface area contributed by atoms with Gasteiger partial charge in [0, 0.05) is 55.6 Å². The highest BCUT2D eigenvalue weighted by molar-refractivity contribution is 7.89. The maximum Gasteiger partial charge on any atom is 0.268 e. The monoisotopic (exact) mass is 461 g/mol. The molecule has 0 atom stereocenters. The largest absolute Gasteiger partial charge is 0.496 e. The topological polar surface area (TPSA) is 109 Å². The van der Waals surface area contributed by atoms with Gasteiger partial charge in [-0.3, -0.25) is 9.89 Å². The summed E-state index contributed by atoms with van der Waals surface area (Å²) in [4.78, 5) is 12.9. The molecule has 0 saturated carbocycles. The molecule has 170 valence electrons. The number of halogens is 1. The lowest BCUT2D eigenvalue weighted by molar-refractivity contribution is 0.0942. The molecule has 3 aromatic rings. The molecule has 9 nitrogen and oxygen atoms in total. The molecule has 0 bridgehead atoms. The molecule has 1 amide bonds. The first-order valence-electron chi connectivity index (χ1n) is 10.0.